The van der Waals surface area contributed by atoms with Crippen molar-refractivity contribution in [3.05, 3.63) is 46.4 Å². The van der Waals surface area contributed by atoms with Crippen LogP contribution in [0.4, 0.5) is 0 Å². The summed E-state index contributed by atoms with van der Waals surface area (Å²) in [6.45, 7) is 7.66. The zero-order chi connectivity index (χ0) is 21.5. The average molecular weight is 434 g/mol. The van der Waals surface area contributed by atoms with Gasteiger partial charge in [-0.15, -0.1) is 0 Å². The van der Waals surface area contributed by atoms with Crippen LogP contribution in [-0.4, -0.2) is 48.8 Å². The van der Waals surface area contributed by atoms with Crippen LogP contribution in [0.3, 0.4) is 0 Å². The van der Waals surface area contributed by atoms with Crippen LogP contribution in [0.15, 0.2) is 40.0 Å². The van der Waals surface area contributed by atoms with E-state index in [2.05, 4.69) is 5.10 Å². The second-order valence-electron chi connectivity index (χ2n) is 8.69. The van der Waals surface area contributed by atoms with Crippen LogP contribution >= 0.6 is 0 Å². The molecule has 0 N–H and O–H groups in total. The molecule has 1 fully saturated rings. The lowest BCUT2D eigenvalue weighted by Gasteiger charge is -2.32. The molecule has 162 valence electrons. The number of benzene rings is 1. The maximum atomic E-state index is 13.1. The summed E-state index contributed by atoms with van der Waals surface area (Å²) < 4.78 is 40.2. The van der Waals surface area contributed by atoms with Gasteiger partial charge < -0.3 is 9.47 Å². The lowest BCUT2D eigenvalue weighted by atomic mass is 9.92. The van der Waals surface area contributed by atoms with E-state index >= 15 is 0 Å². The third-order valence-electron chi connectivity index (χ3n) is 5.51. The number of sulfonamides is 1. The largest absolute Gasteiger partial charge is 0.486 e. The van der Waals surface area contributed by atoms with Gasteiger partial charge in [-0.2, -0.15) is 9.40 Å². The van der Waals surface area contributed by atoms with Gasteiger partial charge in [-0.3, -0.25) is 4.79 Å². The highest BCUT2D eigenvalue weighted by atomic mass is 32.2. The van der Waals surface area contributed by atoms with Gasteiger partial charge in [0.05, 0.1) is 16.6 Å². The fraction of sp³-hybridized carbons (Fsp3) is 0.524. The summed E-state index contributed by atoms with van der Waals surface area (Å²) in [6.07, 6.45) is 1.06. The maximum Gasteiger partial charge on any atom is 0.267 e. The number of piperidine rings is 1. The second kappa shape index (κ2) is 7.70. The number of ether oxygens (including phenoxy) is 2. The highest BCUT2D eigenvalue weighted by Crippen LogP contribution is 2.34. The van der Waals surface area contributed by atoms with Gasteiger partial charge in [0.2, 0.25) is 10.0 Å². The molecule has 2 aliphatic rings. The fourth-order valence-electron chi connectivity index (χ4n) is 3.75. The highest BCUT2D eigenvalue weighted by molar-refractivity contribution is 7.89. The summed E-state index contributed by atoms with van der Waals surface area (Å²) in [5.74, 6) is 1.01. The summed E-state index contributed by atoms with van der Waals surface area (Å²) in [4.78, 5) is 12.6. The van der Waals surface area contributed by atoms with E-state index < -0.39 is 10.0 Å². The molecular formula is C21H27N3O5S. The second-order valence-corrected chi connectivity index (χ2v) is 10.6. The first-order chi connectivity index (χ1) is 14.2. The number of rotatable bonds is 3. The van der Waals surface area contributed by atoms with Crippen molar-refractivity contribution in [2.24, 2.45) is 0 Å². The Morgan fingerprint density at radius 2 is 1.67 bits per heavy atom. The van der Waals surface area contributed by atoms with E-state index in [0.717, 1.165) is 5.69 Å². The Bertz CT molecular complexity index is 1100. The zero-order valence-corrected chi connectivity index (χ0v) is 18.3. The summed E-state index contributed by atoms with van der Waals surface area (Å²) in [7, 11) is -3.65. The summed E-state index contributed by atoms with van der Waals surface area (Å²) in [5.41, 5.74) is 0.516. The Labute approximate surface area is 176 Å². The molecule has 1 aromatic carbocycles. The lowest BCUT2D eigenvalue weighted by molar-refractivity contribution is 0.171. The highest BCUT2D eigenvalue weighted by Gasteiger charge is 2.32. The van der Waals surface area contributed by atoms with E-state index in [1.54, 1.807) is 24.3 Å². The van der Waals surface area contributed by atoms with Crippen molar-refractivity contribution in [2.75, 3.05) is 26.3 Å². The molecular weight excluding hydrogens is 406 g/mol. The van der Waals surface area contributed by atoms with Crippen LogP contribution in [0.2, 0.25) is 0 Å². The molecule has 3 heterocycles. The van der Waals surface area contributed by atoms with E-state index in [4.69, 9.17) is 9.47 Å². The van der Waals surface area contributed by atoms with Crippen LogP contribution in [0.5, 0.6) is 11.5 Å². The van der Waals surface area contributed by atoms with Gasteiger partial charge in [0.1, 0.15) is 13.2 Å². The molecule has 1 saturated heterocycles. The minimum atomic E-state index is -3.65. The Hall–Kier alpha value is -2.39. The van der Waals surface area contributed by atoms with Crippen LogP contribution in [0, 0.1) is 0 Å². The summed E-state index contributed by atoms with van der Waals surface area (Å²) in [6, 6.07) is 7.90. The topological polar surface area (TPSA) is 90.7 Å². The zero-order valence-electron chi connectivity index (χ0n) is 17.5. The number of fused-ring (bicyclic) bond motifs is 1. The first-order valence-corrected chi connectivity index (χ1v) is 11.6. The van der Waals surface area contributed by atoms with E-state index in [-0.39, 0.29) is 21.9 Å². The van der Waals surface area contributed by atoms with E-state index in [0.29, 0.717) is 50.6 Å². The van der Waals surface area contributed by atoms with Gasteiger partial charge in [-0.1, -0.05) is 20.8 Å². The molecule has 0 radical (unpaired) electrons. The number of nitrogens with zero attached hydrogens (tertiary/aromatic N) is 3. The Kier molecular flexibility index (Phi) is 5.36. The van der Waals surface area contributed by atoms with Gasteiger partial charge >= 0.3 is 0 Å². The first-order valence-electron chi connectivity index (χ1n) is 10.2. The van der Waals surface area contributed by atoms with Crippen molar-refractivity contribution in [3.8, 4) is 11.5 Å². The first kappa shape index (κ1) is 20.9. The lowest BCUT2D eigenvalue weighted by Crippen LogP contribution is -2.41. The fourth-order valence-corrected chi connectivity index (χ4v) is 5.23. The predicted octanol–water partition coefficient (Wildman–Crippen LogP) is 2.34. The van der Waals surface area contributed by atoms with Gasteiger partial charge in [0, 0.05) is 30.6 Å². The third-order valence-corrected chi connectivity index (χ3v) is 7.41. The average Bonchev–Trinajstić information content (AvgIpc) is 2.73. The summed E-state index contributed by atoms with van der Waals surface area (Å²) in [5, 5.41) is 4.57. The van der Waals surface area contributed by atoms with Gasteiger partial charge in [-0.05, 0) is 31.0 Å². The maximum absolute atomic E-state index is 13.1. The van der Waals surface area contributed by atoms with Crippen molar-refractivity contribution >= 4 is 10.0 Å². The smallest absolute Gasteiger partial charge is 0.267 e. The van der Waals surface area contributed by atoms with Crippen LogP contribution in [0.25, 0.3) is 0 Å². The molecule has 0 bridgehead atoms. The standard InChI is InChI=1S/C21H27N3O5S/c1-21(2,3)19-6-7-20(25)24(22-19)15-8-10-23(11-9-15)30(26,27)16-4-5-17-18(14-16)29-13-12-28-17/h4-7,14-15H,8-13H2,1-3H3. The molecule has 30 heavy (non-hydrogen) atoms. The minimum absolute atomic E-state index is 0.119. The minimum Gasteiger partial charge on any atom is -0.486 e. The van der Waals surface area contributed by atoms with Crippen molar-refractivity contribution in [1.82, 2.24) is 14.1 Å². The van der Waals surface area contributed by atoms with E-state index in [1.807, 2.05) is 20.8 Å². The number of hydrogen-bond donors (Lipinski definition) is 0. The van der Waals surface area contributed by atoms with Crippen LogP contribution in [0.1, 0.15) is 45.3 Å². The van der Waals surface area contributed by atoms with E-state index in [9.17, 15) is 13.2 Å². The van der Waals surface area contributed by atoms with Crippen molar-refractivity contribution in [1.29, 1.82) is 0 Å². The molecule has 0 aliphatic carbocycles. The van der Waals surface area contributed by atoms with Crippen LogP contribution in [-0.2, 0) is 15.4 Å². The van der Waals surface area contributed by atoms with Crippen molar-refractivity contribution in [2.45, 2.75) is 50.0 Å². The number of hydrogen-bond acceptors (Lipinski definition) is 6. The molecule has 0 atom stereocenters. The van der Waals surface area contributed by atoms with Crippen molar-refractivity contribution in [3.63, 3.8) is 0 Å². The van der Waals surface area contributed by atoms with Gasteiger partial charge in [0.15, 0.2) is 11.5 Å². The SMILES string of the molecule is CC(C)(C)c1ccc(=O)n(C2CCN(S(=O)(=O)c3ccc4c(c3)OCCO4)CC2)n1. The molecule has 4 rings (SSSR count). The molecule has 2 aliphatic heterocycles. The third kappa shape index (κ3) is 3.96. The molecule has 0 spiro atoms. The van der Waals surface area contributed by atoms with Gasteiger partial charge in [-0.25, -0.2) is 13.1 Å². The molecule has 0 amide bonds. The normalized spacial score (nSPS) is 18.4. The molecule has 0 saturated carbocycles. The molecule has 9 heteroatoms. The molecule has 2 aromatic rings. The van der Waals surface area contributed by atoms with Crippen LogP contribution < -0.4 is 15.0 Å². The predicted molar refractivity (Wildman–Crippen MR) is 112 cm³/mol. The number of aromatic nitrogens is 2. The Morgan fingerprint density at radius 3 is 2.33 bits per heavy atom. The Morgan fingerprint density at radius 1 is 1.00 bits per heavy atom. The summed E-state index contributed by atoms with van der Waals surface area (Å²) >= 11 is 0. The molecule has 8 nitrogen and oxygen atoms in total. The Balaban J connectivity index is 1.51. The monoisotopic (exact) mass is 433 g/mol. The molecule has 1 aromatic heterocycles. The quantitative estimate of drug-likeness (QED) is 0.738. The molecule has 0 unspecified atom stereocenters. The van der Waals surface area contributed by atoms with Crippen molar-refractivity contribution < 1.29 is 17.9 Å². The van der Waals surface area contributed by atoms with E-state index in [1.165, 1.54) is 15.1 Å². The van der Waals surface area contributed by atoms with Gasteiger partial charge in [0.25, 0.3) is 5.56 Å².